The third-order valence-corrected chi connectivity index (χ3v) is 9.72. The van der Waals surface area contributed by atoms with E-state index in [2.05, 4.69) is 11.6 Å². The second-order valence-corrected chi connectivity index (χ2v) is 12.2. The second-order valence-electron chi connectivity index (χ2n) is 7.26. The molecule has 0 aromatic carbocycles. The number of rotatable bonds is 7. The van der Waals surface area contributed by atoms with Gasteiger partial charge in [-0.15, -0.1) is 29.3 Å². The molecule has 7 nitrogen and oxygen atoms in total. The molecule has 0 aliphatic carbocycles. The zero-order valence-electron chi connectivity index (χ0n) is 16.8. The highest BCUT2D eigenvalue weighted by Crippen LogP contribution is 2.34. The van der Waals surface area contributed by atoms with E-state index < -0.39 is 9.84 Å². The summed E-state index contributed by atoms with van der Waals surface area (Å²) in [4.78, 5) is 33.8. The number of carbonyl (C=O) groups is 1. The summed E-state index contributed by atoms with van der Waals surface area (Å²) in [6.45, 7) is 4.03. The van der Waals surface area contributed by atoms with Crippen LogP contribution in [0.3, 0.4) is 0 Å². The summed E-state index contributed by atoms with van der Waals surface area (Å²) in [6.07, 6.45) is 2.09. The minimum atomic E-state index is -3.07. The van der Waals surface area contributed by atoms with E-state index in [1.165, 1.54) is 32.6 Å². The molecule has 0 saturated carbocycles. The van der Waals surface area contributed by atoms with E-state index in [0.717, 1.165) is 10.4 Å². The molecule has 3 aromatic rings. The maximum Gasteiger partial charge on any atom is 0.263 e. The van der Waals surface area contributed by atoms with Crippen LogP contribution in [-0.4, -0.2) is 59.1 Å². The van der Waals surface area contributed by atoms with Crippen molar-refractivity contribution in [1.82, 2.24) is 14.5 Å². The molecule has 3 aromatic heterocycles. The van der Waals surface area contributed by atoms with Crippen molar-refractivity contribution in [3.05, 3.63) is 45.9 Å². The molecule has 1 aliphatic heterocycles. The van der Waals surface area contributed by atoms with Crippen LogP contribution in [0.1, 0.15) is 6.42 Å². The molecule has 1 atom stereocenters. The van der Waals surface area contributed by atoms with Crippen LogP contribution in [0.25, 0.3) is 20.7 Å². The number of thiophene rings is 2. The predicted octanol–water partition coefficient (Wildman–Crippen LogP) is 3.11. The van der Waals surface area contributed by atoms with Crippen molar-refractivity contribution in [2.24, 2.45) is 0 Å². The second kappa shape index (κ2) is 8.89. The molecular formula is C20H21N3O4S4. The summed E-state index contributed by atoms with van der Waals surface area (Å²) in [5.74, 6) is 0.0129. The Balaban J connectivity index is 1.60. The molecule has 4 heterocycles. The topological polar surface area (TPSA) is 89.3 Å². The highest BCUT2D eigenvalue weighted by atomic mass is 32.2. The Morgan fingerprint density at radius 2 is 2.26 bits per heavy atom. The quantitative estimate of drug-likeness (QED) is 0.284. The molecule has 1 aliphatic rings. The first-order chi connectivity index (χ1) is 14.8. The zero-order chi connectivity index (χ0) is 22.2. The van der Waals surface area contributed by atoms with Gasteiger partial charge >= 0.3 is 0 Å². The van der Waals surface area contributed by atoms with E-state index in [1.54, 1.807) is 24.5 Å². The van der Waals surface area contributed by atoms with Gasteiger partial charge in [0.15, 0.2) is 15.0 Å². The first-order valence-electron chi connectivity index (χ1n) is 9.56. The predicted molar refractivity (Wildman–Crippen MR) is 128 cm³/mol. The number of nitrogens with zero attached hydrogens (tertiary/aromatic N) is 3. The summed E-state index contributed by atoms with van der Waals surface area (Å²) in [5.41, 5.74) is 0.722. The minimum absolute atomic E-state index is 0.00593. The Kier molecular flexibility index (Phi) is 6.38. The normalized spacial score (nSPS) is 17.8. The van der Waals surface area contributed by atoms with Crippen LogP contribution in [0, 0.1) is 0 Å². The van der Waals surface area contributed by atoms with E-state index in [4.69, 9.17) is 0 Å². The molecule has 4 rings (SSSR count). The van der Waals surface area contributed by atoms with Crippen LogP contribution in [0.4, 0.5) is 0 Å². The van der Waals surface area contributed by atoms with E-state index >= 15 is 0 Å². The fourth-order valence-corrected chi connectivity index (χ4v) is 8.04. The van der Waals surface area contributed by atoms with Gasteiger partial charge in [0.25, 0.3) is 5.56 Å². The first-order valence-corrected chi connectivity index (χ1v) is 14.1. The molecule has 1 amide bonds. The molecule has 0 radical (unpaired) electrons. The molecule has 0 spiro atoms. The van der Waals surface area contributed by atoms with Gasteiger partial charge in [-0.05, 0) is 17.9 Å². The highest BCUT2D eigenvalue weighted by Gasteiger charge is 2.32. The van der Waals surface area contributed by atoms with Crippen molar-refractivity contribution in [2.75, 3.05) is 24.3 Å². The Labute approximate surface area is 192 Å². The van der Waals surface area contributed by atoms with Crippen molar-refractivity contribution in [3.63, 3.8) is 0 Å². The fourth-order valence-electron chi connectivity index (χ4n) is 3.53. The average Bonchev–Trinajstić information content (AvgIpc) is 3.47. The van der Waals surface area contributed by atoms with Crippen LogP contribution in [0.15, 0.2) is 45.5 Å². The van der Waals surface area contributed by atoms with Gasteiger partial charge in [0.1, 0.15) is 4.83 Å². The SMILES string of the molecule is C=CCn1c(SCC(=O)N(C)C2CCS(=O)(=O)C2)nc2scc(-c3cccs3)c2c1=O. The minimum Gasteiger partial charge on any atom is -0.341 e. The first kappa shape index (κ1) is 22.3. The van der Waals surface area contributed by atoms with Crippen LogP contribution in [0.2, 0.25) is 0 Å². The molecular weight excluding hydrogens is 475 g/mol. The standard InChI is InChI=1S/C20H21N3O4S4/c1-3-7-23-19(25)17-14(15-5-4-8-28-15)10-29-18(17)21-20(23)30-11-16(24)22(2)13-6-9-31(26,27)12-13/h3-5,8,10,13H,1,6-7,9,11-12H2,2H3. The van der Waals surface area contributed by atoms with Gasteiger partial charge in [0.2, 0.25) is 5.91 Å². The van der Waals surface area contributed by atoms with Gasteiger partial charge < -0.3 is 4.90 Å². The summed E-state index contributed by atoms with van der Waals surface area (Å²) in [5, 5.41) is 4.95. The molecule has 164 valence electrons. The van der Waals surface area contributed by atoms with E-state index in [-0.39, 0.29) is 41.3 Å². The summed E-state index contributed by atoms with van der Waals surface area (Å²) in [7, 11) is -1.44. The van der Waals surface area contributed by atoms with Crippen molar-refractivity contribution in [1.29, 1.82) is 0 Å². The molecule has 1 unspecified atom stereocenters. The number of allylic oxidation sites excluding steroid dienone is 1. The monoisotopic (exact) mass is 495 g/mol. The van der Waals surface area contributed by atoms with Crippen molar-refractivity contribution < 1.29 is 13.2 Å². The lowest BCUT2D eigenvalue weighted by Gasteiger charge is -2.23. The number of thioether (sulfide) groups is 1. The molecule has 1 fully saturated rings. The summed E-state index contributed by atoms with van der Waals surface area (Å²) in [6, 6.07) is 3.62. The number of amides is 1. The lowest BCUT2D eigenvalue weighted by Crippen LogP contribution is -2.39. The van der Waals surface area contributed by atoms with Crippen molar-refractivity contribution >= 4 is 60.4 Å². The smallest absolute Gasteiger partial charge is 0.263 e. The van der Waals surface area contributed by atoms with Crippen LogP contribution in [-0.2, 0) is 21.2 Å². The third-order valence-electron chi connectivity index (χ3n) is 5.23. The fraction of sp³-hybridized carbons (Fsp3) is 0.350. The highest BCUT2D eigenvalue weighted by molar-refractivity contribution is 7.99. The number of carbonyl (C=O) groups excluding carboxylic acids is 1. The van der Waals surface area contributed by atoms with Gasteiger partial charge in [-0.1, -0.05) is 23.9 Å². The van der Waals surface area contributed by atoms with Gasteiger partial charge in [-0.3, -0.25) is 14.2 Å². The number of aromatic nitrogens is 2. The summed E-state index contributed by atoms with van der Waals surface area (Å²) >= 11 is 4.17. The Morgan fingerprint density at radius 3 is 2.90 bits per heavy atom. The largest absolute Gasteiger partial charge is 0.341 e. The van der Waals surface area contributed by atoms with Crippen molar-refractivity contribution in [3.8, 4) is 10.4 Å². The van der Waals surface area contributed by atoms with Crippen molar-refractivity contribution in [2.45, 2.75) is 24.2 Å². The van der Waals surface area contributed by atoms with Gasteiger partial charge in [0.05, 0.1) is 22.6 Å². The maximum absolute atomic E-state index is 13.3. The van der Waals surface area contributed by atoms with Gasteiger partial charge in [-0.25, -0.2) is 13.4 Å². The third kappa shape index (κ3) is 4.50. The number of hydrogen-bond donors (Lipinski definition) is 0. The number of sulfone groups is 1. The molecule has 0 bridgehead atoms. The summed E-state index contributed by atoms with van der Waals surface area (Å²) < 4.78 is 25.0. The molecule has 1 saturated heterocycles. The molecule has 31 heavy (non-hydrogen) atoms. The number of hydrogen-bond acceptors (Lipinski definition) is 8. The molecule has 0 N–H and O–H groups in total. The number of fused-ring (bicyclic) bond motifs is 1. The van der Waals surface area contributed by atoms with E-state index in [9.17, 15) is 18.0 Å². The maximum atomic E-state index is 13.3. The lowest BCUT2D eigenvalue weighted by atomic mass is 10.2. The Bertz CT molecular complexity index is 1290. The lowest BCUT2D eigenvalue weighted by molar-refractivity contribution is -0.128. The van der Waals surface area contributed by atoms with Crippen LogP contribution in [0.5, 0.6) is 0 Å². The Hall–Kier alpha value is -1.95. The Morgan fingerprint density at radius 1 is 1.45 bits per heavy atom. The average molecular weight is 496 g/mol. The van der Waals surface area contributed by atoms with Crippen LogP contribution >= 0.6 is 34.4 Å². The van der Waals surface area contributed by atoms with E-state index in [1.807, 2.05) is 22.9 Å². The van der Waals surface area contributed by atoms with Crippen LogP contribution < -0.4 is 5.56 Å². The van der Waals surface area contributed by atoms with Gasteiger partial charge in [-0.2, -0.15) is 0 Å². The van der Waals surface area contributed by atoms with E-state index in [0.29, 0.717) is 21.8 Å². The zero-order valence-corrected chi connectivity index (χ0v) is 20.1. The molecule has 11 heteroatoms. The van der Waals surface area contributed by atoms with Gasteiger partial charge in [0, 0.05) is 35.5 Å².